The van der Waals surface area contributed by atoms with Crippen LogP contribution < -0.4 is 5.32 Å². The van der Waals surface area contributed by atoms with Crippen LogP contribution in [0, 0.1) is 0 Å². The molecule has 0 aliphatic heterocycles. The normalized spacial score (nSPS) is 11.6. The van der Waals surface area contributed by atoms with Crippen molar-refractivity contribution in [3.63, 3.8) is 0 Å². The first-order valence-corrected chi connectivity index (χ1v) is 8.05. The lowest BCUT2D eigenvalue weighted by molar-refractivity contribution is 0.316. The summed E-state index contributed by atoms with van der Waals surface area (Å²) in [4.78, 5) is 2.33. The average molecular weight is 300 g/mol. The average Bonchev–Trinajstić information content (AvgIpc) is 3.08. The molecule has 0 atom stereocenters. The van der Waals surface area contributed by atoms with E-state index >= 15 is 0 Å². The van der Waals surface area contributed by atoms with E-state index in [-0.39, 0.29) is 0 Å². The van der Waals surface area contributed by atoms with Gasteiger partial charge in [-0.15, -0.1) is 0 Å². The van der Waals surface area contributed by atoms with Crippen molar-refractivity contribution in [2.24, 2.45) is 0 Å². The number of thiophene rings is 1. The van der Waals surface area contributed by atoms with Crippen LogP contribution in [0.15, 0.2) is 45.5 Å². The highest BCUT2D eigenvalue weighted by Crippen LogP contribution is 2.27. The van der Waals surface area contributed by atoms with Crippen LogP contribution >= 0.6 is 11.3 Å². The molecular weight excluding hydrogens is 280 g/mol. The number of nitrogens with one attached hydrogen (secondary N) is 1. The second-order valence-electron chi connectivity index (χ2n) is 5.33. The molecule has 3 aromatic rings. The highest BCUT2D eigenvalue weighted by atomic mass is 32.1. The number of rotatable bonds is 6. The number of hydrogen-bond donors (Lipinski definition) is 1. The van der Waals surface area contributed by atoms with Crippen LogP contribution in [0.1, 0.15) is 16.9 Å². The molecule has 21 heavy (non-hydrogen) atoms. The van der Waals surface area contributed by atoms with E-state index in [0.29, 0.717) is 0 Å². The third-order valence-electron chi connectivity index (χ3n) is 3.58. The first-order chi connectivity index (χ1) is 10.3. The molecule has 3 rings (SSSR count). The first-order valence-electron chi connectivity index (χ1n) is 7.11. The Morgan fingerprint density at radius 1 is 1.19 bits per heavy atom. The largest absolute Gasteiger partial charge is 0.459 e. The van der Waals surface area contributed by atoms with Crippen LogP contribution in [0.5, 0.6) is 0 Å². The Kier molecular flexibility index (Phi) is 4.39. The highest BCUT2D eigenvalue weighted by Gasteiger charge is 2.15. The third-order valence-corrected chi connectivity index (χ3v) is 4.31. The lowest BCUT2D eigenvalue weighted by atomic mass is 10.1. The van der Waals surface area contributed by atoms with Crippen LogP contribution in [0.2, 0.25) is 0 Å². The summed E-state index contributed by atoms with van der Waals surface area (Å²) in [6.45, 7) is 2.61. The van der Waals surface area contributed by atoms with Gasteiger partial charge in [0.2, 0.25) is 0 Å². The molecule has 0 aliphatic carbocycles. The Morgan fingerprint density at radius 2 is 2.05 bits per heavy atom. The van der Waals surface area contributed by atoms with E-state index in [4.69, 9.17) is 4.42 Å². The van der Waals surface area contributed by atoms with Crippen LogP contribution in [-0.2, 0) is 19.6 Å². The van der Waals surface area contributed by atoms with E-state index < -0.39 is 0 Å². The van der Waals surface area contributed by atoms with Crippen molar-refractivity contribution in [1.29, 1.82) is 0 Å². The summed E-state index contributed by atoms with van der Waals surface area (Å²) in [5.41, 5.74) is 3.63. The summed E-state index contributed by atoms with van der Waals surface area (Å²) in [5, 5.41) is 8.75. The molecule has 4 heteroatoms. The smallest absolute Gasteiger partial charge is 0.134 e. The van der Waals surface area contributed by atoms with E-state index in [1.54, 1.807) is 11.3 Å². The van der Waals surface area contributed by atoms with E-state index in [1.807, 2.05) is 19.2 Å². The predicted octanol–water partition coefficient (Wildman–Crippen LogP) is 3.85. The Morgan fingerprint density at radius 3 is 2.81 bits per heavy atom. The maximum Gasteiger partial charge on any atom is 0.134 e. The lowest BCUT2D eigenvalue weighted by Gasteiger charge is -2.16. The number of fused-ring (bicyclic) bond motifs is 1. The van der Waals surface area contributed by atoms with Gasteiger partial charge in [0.15, 0.2) is 0 Å². The van der Waals surface area contributed by atoms with Crippen LogP contribution in [0.25, 0.3) is 11.0 Å². The fourth-order valence-electron chi connectivity index (χ4n) is 2.65. The molecule has 0 aliphatic rings. The second-order valence-corrected chi connectivity index (χ2v) is 6.11. The van der Waals surface area contributed by atoms with Crippen molar-refractivity contribution in [2.45, 2.75) is 19.6 Å². The quantitative estimate of drug-likeness (QED) is 0.749. The standard InChI is InChI=1S/C17H20N2OS/c1-18-9-17-15(14-5-3-4-6-16(14)20-17)11-19(2)10-13-7-8-21-12-13/h3-8,12,18H,9-11H2,1-2H3. The molecular formula is C17H20N2OS. The van der Waals surface area contributed by atoms with Crippen molar-refractivity contribution in [3.8, 4) is 0 Å². The highest BCUT2D eigenvalue weighted by molar-refractivity contribution is 7.07. The SMILES string of the molecule is CNCc1oc2ccccc2c1CN(C)Cc1ccsc1. The molecule has 0 fully saturated rings. The van der Waals surface area contributed by atoms with Gasteiger partial charge >= 0.3 is 0 Å². The molecule has 1 aromatic carbocycles. The lowest BCUT2D eigenvalue weighted by Crippen LogP contribution is -2.18. The number of furan rings is 1. The van der Waals surface area contributed by atoms with Crippen molar-refractivity contribution in [2.75, 3.05) is 14.1 Å². The first kappa shape index (κ1) is 14.3. The minimum atomic E-state index is 0.760. The van der Waals surface area contributed by atoms with Gasteiger partial charge in [-0.05, 0) is 42.6 Å². The molecule has 3 nitrogen and oxygen atoms in total. The van der Waals surface area contributed by atoms with Gasteiger partial charge in [0, 0.05) is 24.0 Å². The Bertz CT molecular complexity index is 703. The molecule has 0 amide bonds. The number of benzene rings is 1. The van der Waals surface area contributed by atoms with Gasteiger partial charge in [-0.3, -0.25) is 4.90 Å². The summed E-state index contributed by atoms with van der Waals surface area (Å²) in [5.74, 6) is 1.04. The van der Waals surface area contributed by atoms with Crippen LogP contribution in [0.4, 0.5) is 0 Å². The maximum atomic E-state index is 5.99. The van der Waals surface area contributed by atoms with Gasteiger partial charge in [-0.25, -0.2) is 0 Å². The molecule has 0 saturated heterocycles. The summed E-state index contributed by atoms with van der Waals surface area (Å²) in [7, 11) is 4.11. The fraction of sp³-hybridized carbons (Fsp3) is 0.294. The van der Waals surface area contributed by atoms with Crippen molar-refractivity contribution < 1.29 is 4.42 Å². The van der Waals surface area contributed by atoms with E-state index in [0.717, 1.165) is 31.0 Å². The Balaban J connectivity index is 1.85. The van der Waals surface area contributed by atoms with Gasteiger partial charge in [0.25, 0.3) is 0 Å². The number of nitrogens with zero attached hydrogens (tertiary/aromatic N) is 1. The fourth-order valence-corrected chi connectivity index (χ4v) is 3.31. The molecule has 110 valence electrons. The summed E-state index contributed by atoms with van der Waals surface area (Å²) >= 11 is 1.75. The molecule has 2 heterocycles. The maximum absolute atomic E-state index is 5.99. The zero-order chi connectivity index (χ0) is 14.7. The molecule has 0 bridgehead atoms. The van der Waals surface area contributed by atoms with Gasteiger partial charge in [0.05, 0.1) is 6.54 Å². The molecule has 0 spiro atoms. The van der Waals surface area contributed by atoms with Gasteiger partial charge < -0.3 is 9.73 Å². The van der Waals surface area contributed by atoms with Gasteiger partial charge in [-0.2, -0.15) is 11.3 Å². The summed E-state index contributed by atoms with van der Waals surface area (Å²) in [6, 6.07) is 10.5. The minimum Gasteiger partial charge on any atom is -0.459 e. The monoisotopic (exact) mass is 300 g/mol. The molecule has 1 N–H and O–H groups in total. The predicted molar refractivity (Wildman–Crippen MR) is 88.5 cm³/mol. The summed E-state index contributed by atoms with van der Waals surface area (Å²) < 4.78 is 5.99. The molecule has 2 aromatic heterocycles. The van der Waals surface area contributed by atoms with Gasteiger partial charge in [-0.1, -0.05) is 18.2 Å². The minimum absolute atomic E-state index is 0.760. The zero-order valence-electron chi connectivity index (χ0n) is 12.4. The van der Waals surface area contributed by atoms with Crippen molar-refractivity contribution >= 4 is 22.3 Å². The van der Waals surface area contributed by atoms with Crippen LogP contribution in [-0.4, -0.2) is 19.0 Å². The number of para-hydroxylation sites is 1. The van der Waals surface area contributed by atoms with Crippen molar-refractivity contribution in [3.05, 3.63) is 58.0 Å². The summed E-state index contributed by atoms with van der Waals surface area (Å²) in [6.07, 6.45) is 0. The molecule has 0 radical (unpaired) electrons. The third kappa shape index (κ3) is 3.18. The number of hydrogen-bond acceptors (Lipinski definition) is 4. The van der Waals surface area contributed by atoms with Gasteiger partial charge in [0.1, 0.15) is 11.3 Å². The second kappa shape index (κ2) is 6.43. The van der Waals surface area contributed by atoms with Crippen LogP contribution in [0.3, 0.4) is 0 Å². The van der Waals surface area contributed by atoms with E-state index in [9.17, 15) is 0 Å². The van der Waals surface area contributed by atoms with E-state index in [1.165, 1.54) is 16.5 Å². The van der Waals surface area contributed by atoms with Crippen molar-refractivity contribution in [1.82, 2.24) is 10.2 Å². The Labute approximate surface area is 129 Å². The topological polar surface area (TPSA) is 28.4 Å². The molecule has 0 unspecified atom stereocenters. The van der Waals surface area contributed by atoms with E-state index in [2.05, 4.69) is 46.2 Å². The Hall–Kier alpha value is -1.62. The molecule has 0 saturated carbocycles. The zero-order valence-corrected chi connectivity index (χ0v) is 13.2.